The Balaban J connectivity index is 1.55. The van der Waals surface area contributed by atoms with Crippen molar-refractivity contribution in [2.75, 3.05) is 11.9 Å². The molecular formula is C23H28N4O2S. The van der Waals surface area contributed by atoms with Crippen LogP contribution >= 0.6 is 0 Å². The first-order valence-corrected chi connectivity index (χ1v) is 12.0. The van der Waals surface area contributed by atoms with Gasteiger partial charge in [0.1, 0.15) is 9.92 Å². The van der Waals surface area contributed by atoms with Gasteiger partial charge in [-0.1, -0.05) is 24.3 Å². The Morgan fingerprint density at radius 2 is 1.73 bits per heavy atom. The second kappa shape index (κ2) is 8.71. The van der Waals surface area contributed by atoms with Crippen LogP contribution in [0.15, 0.2) is 52.2 Å². The van der Waals surface area contributed by atoms with Gasteiger partial charge in [-0.3, -0.25) is 0 Å². The van der Waals surface area contributed by atoms with Crippen molar-refractivity contribution in [2.45, 2.75) is 50.0 Å². The zero-order valence-electron chi connectivity index (χ0n) is 17.1. The summed E-state index contributed by atoms with van der Waals surface area (Å²) in [7, 11) is -3.32. The fraction of sp³-hybridized carbons (Fsp3) is 0.348. The van der Waals surface area contributed by atoms with Gasteiger partial charge in [-0.2, -0.15) is 0 Å². The van der Waals surface area contributed by atoms with Crippen LogP contribution in [0.25, 0.3) is 0 Å². The predicted molar refractivity (Wildman–Crippen MR) is 121 cm³/mol. The summed E-state index contributed by atoms with van der Waals surface area (Å²) in [5, 5.41) is 12.1. The minimum atomic E-state index is -3.32. The molecule has 0 spiro atoms. The monoisotopic (exact) mass is 424 g/mol. The zero-order chi connectivity index (χ0) is 21.1. The van der Waals surface area contributed by atoms with Gasteiger partial charge in [0.2, 0.25) is 0 Å². The van der Waals surface area contributed by atoms with Gasteiger partial charge in [-0.15, -0.1) is 10.9 Å². The molecule has 2 aromatic rings. The van der Waals surface area contributed by atoms with E-state index in [0.29, 0.717) is 18.0 Å². The lowest BCUT2D eigenvalue weighted by Gasteiger charge is -2.15. The average Bonchev–Trinajstić information content (AvgIpc) is 3.37. The maximum Gasteiger partial charge on any atom is 0.354 e. The van der Waals surface area contributed by atoms with Crippen molar-refractivity contribution in [3.63, 3.8) is 0 Å². The predicted octanol–water partition coefficient (Wildman–Crippen LogP) is 3.87. The number of nitrogens with zero attached hydrogens (tertiary/aromatic N) is 1. The molecule has 4 rings (SSSR count). The lowest BCUT2D eigenvalue weighted by Crippen LogP contribution is -2.19. The molecule has 0 bridgehead atoms. The number of carbonyl (C=O) groups excluding carboxylic acids is 1. The minimum absolute atomic E-state index is 0.341. The minimum Gasteiger partial charge on any atom is -0.309 e. The third kappa shape index (κ3) is 4.33. The van der Waals surface area contributed by atoms with E-state index in [9.17, 15) is 9.00 Å². The number of aryl methyl sites for hydroxylation is 2. The quantitative estimate of drug-likeness (QED) is 0.485. The SMILES string of the molecule is C=CCNCc1ccc([S@](N)(=O)=NC(=O)Nc2c3c(cc4c2CCC4)CCC3)cc1. The van der Waals surface area contributed by atoms with Gasteiger partial charge in [0, 0.05) is 18.8 Å². The van der Waals surface area contributed by atoms with E-state index in [4.69, 9.17) is 5.14 Å². The first kappa shape index (κ1) is 20.8. The van der Waals surface area contributed by atoms with Gasteiger partial charge >= 0.3 is 6.03 Å². The van der Waals surface area contributed by atoms with Crippen molar-refractivity contribution in [2.24, 2.45) is 9.50 Å². The van der Waals surface area contributed by atoms with Gasteiger partial charge in [-0.05, 0) is 78.5 Å². The van der Waals surface area contributed by atoms with Gasteiger partial charge in [0.25, 0.3) is 0 Å². The fourth-order valence-corrected chi connectivity index (χ4v) is 5.32. The van der Waals surface area contributed by atoms with E-state index in [2.05, 4.69) is 27.6 Å². The molecule has 1 atom stereocenters. The highest BCUT2D eigenvalue weighted by Crippen LogP contribution is 2.38. The Hall–Kier alpha value is -2.48. The first-order chi connectivity index (χ1) is 14.5. The molecule has 0 radical (unpaired) electrons. The molecule has 2 aromatic carbocycles. The number of benzene rings is 2. The van der Waals surface area contributed by atoms with E-state index in [0.717, 1.165) is 49.8 Å². The Labute approximate surface area is 178 Å². The Morgan fingerprint density at radius 1 is 1.10 bits per heavy atom. The number of nitrogens with one attached hydrogen (secondary N) is 2. The van der Waals surface area contributed by atoms with E-state index >= 15 is 0 Å². The lowest BCUT2D eigenvalue weighted by molar-refractivity contribution is 0.260. The summed E-state index contributed by atoms with van der Waals surface area (Å²) in [6, 6.07) is 8.66. The van der Waals surface area contributed by atoms with Crippen LogP contribution in [0.2, 0.25) is 0 Å². The van der Waals surface area contributed by atoms with Crippen LogP contribution in [0.4, 0.5) is 10.5 Å². The van der Waals surface area contributed by atoms with Crippen molar-refractivity contribution >= 4 is 21.6 Å². The van der Waals surface area contributed by atoms with Crippen LogP contribution < -0.4 is 15.8 Å². The van der Waals surface area contributed by atoms with Crippen LogP contribution in [0, 0.1) is 0 Å². The maximum atomic E-state index is 12.9. The normalized spacial score (nSPS) is 16.4. The molecule has 158 valence electrons. The molecule has 0 aromatic heterocycles. The van der Waals surface area contributed by atoms with Gasteiger partial charge in [0.15, 0.2) is 0 Å². The van der Waals surface area contributed by atoms with Crippen LogP contribution in [0.5, 0.6) is 0 Å². The fourth-order valence-electron chi connectivity index (χ4n) is 4.39. The number of carbonyl (C=O) groups is 1. The molecule has 0 saturated heterocycles. The van der Waals surface area contributed by atoms with Crippen LogP contribution in [0.3, 0.4) is 0 Å². The lowest BCUT2D eigenvalue weighted by atomic mass is 9.99. The summed E-state index contributed by atoms with van der Waals surface area (Å²) in [6.07, 6.45) is 7.99. The third-order valence-electron chi connectivity index (χ3n) is 5.80. The van der Waals surface area contributed by atoms with Crippen molar-refractivity contribution in [3.8, 4) is 0 Å². The van der Waals surface area contributed by atoms with Gasteiger partial charge in [0.05, 0.1) is 4.90 Å². The highest BCUT2D eigenvalue weighted by Gasteiger charge is 2.25. The number of rotatable bonds is 6. The molecule has 0 saturated carbocycles. The molecule has 2 aliphatic rings. The molecule has 30 heavy (non-hydrogen) atoms. The number of urea groups is 1. The Bertz CT molecular complexity index is 1070. The van der Waals surface area contributed by atoms with Crippen LogP contribution in [-0.4, -0.2) is 16.8 Å². The highest BCUT2D eigenvalue weighted by molar-refractivity contribution is 7.91. The van der Waals surface area contributed by atoms with Crippen LogP contribution in [-0.2, 0) is 42.1 Å². The van der Waals surface area contributed by atoms with Gasteiger partial charge < -0.3 is 10.6 Å². The molecule has 6 nitrogen and oxygen atoms in total. The smallest absolute Gasteiger partial charge is 0.309 e. The molecule has 4 N–H and O–H groups in total. The standard InChI is InChI=1S/C23H28N4O2S/c1-2-13-25-15-16-9-11-19(12-10-16)30(24,29)27-23(28)26-22-20-7-3-5-17(20)14-18-6-4-8-21(18)22/h2,9-12,14,25H,1,3-8,13,15H2,(H3,24,26,27,28,29)/t30-/m1/s1. The number of hydrogen-bond acceptors (Lipinski definition) is 3. The topological polar surface area (TPSA) is 96.6 Å². The van der Waals surface area contributed by atoms with Crippen molar-refractivity contribution in [1.29, 1.82) is 0 Å². The molecule has 2 aliphatic carbocycles. The molecular weight excluding hydrogens is 396 g/mol. The Kier molecular flexibility index (Phi) is 6.04. The maximum absolute atomic E-state index is 12.9. The summed E-state index contributed by atoms with van der Waals surface area (Å²) in [6.45, 7) is 5.04. The number of nitrogens with two attached hydrogens (primary N) is 1. The largest absolute Gasteiger partial charge is 0.354 e. The molecule has 0 fully saturated rings. The molecule has 2 amide bonds. The van der Waals surface area contributed by atoms with Gasteiger partial charge in [-0.25, -0.2) is 14.1 Å². The molecule has 7 heteroatoms. The zero-order valence-corrected chi connectivity index (χ0v) is 17.9. The number of anilines is 1. The number of fused-ring (bicyclic) bond motifs is 2. The second-order valence-electron chi connectivity index (χ2n) is 7.89. The third-order valence-corrected chi connectivity index (χ3v) is 7.19. The first-order valence-electron chi connectivity index (χ1n) is 10.4. The van der Waals surface area contributed by atoms with E-state index in [1.807, 2.05) is 12.1 Å². The summed E-state index contributed by atoms with van der Waals surface area (Å²) in [4.78, 5) is 13.0. The summed E-state index contributed by atoms with van der Waals surface area (Å²) >= 11 is 0. The Morgan fingerprint density at radius 3 is 2.33 bits per heavy atom. The van der Waals surface area contributed by atoms with E-state index in [-0.39, 0.29) is 0 Å². The van der Waals surface area contributed by atoms with E-state index in [1.165, 1.54) is 22.3 Å². The number of amides is 2. The highest BCUT2D eigenvalue weighted by atomic mass is 32.2. The van der Waals surface area contributed by atoms with E-state index < -0.39 is 15.9 Å². The molecule has 0 unspecified atom stereocenters. The molecule has 0 heterocycles. The van der Waals surface area contributed by atoms with Crippen molar-refractivity contribution in [3.05, 3.63) is 70.8 Å². The van der Waals surface area contributed by atoms with Crippen molar-refractivity contribution in [1.82, 2.24) is 5.32 Å². The van der Waals surface area contributed by atoms with Crippen molar-refractivity contribution < 1.29 is 9.00 Å². The van der Waals surface area contributed by atoms with E-state index in [1.54, 1.807) is 18.2 Å². The summed E-state index contributed by atoms with van der Waals surface area (Å²) in [5.74, 6) is 0. The summed E-state index contributed by atoms with van der Waals surface area (Å²) in [5.41, 5.74) is 6.96. The van der Waals surface area contributed by atoms with Crippen LogP contribution in [0.1, 0.15) is 40.7 Å². The molecule has 0 aliphatic heterocycles. The summed E-state index contributed by atoms with van der Waals surface area (Å²) < 4.78 is 16.8. The second-order valence-corrected chi connectivity index (χ2v) is 9.68. The average molecular weight is 425 g/mol. The number of hydrogen-bond donors (Lipinski definition) is 3.